The van der Waals surface area contributed by atoms with Crippen LogP contribution in [-0.2, 0) is 4.79 Å². The van der Waals surface area contributed by atoms with Crippen LogP contribution in [0, 0.1) is 19.3 Å². The Kier molecular flexibility index (Phi) is 12.7. The fourth-order valence-electron chi connectivity index (χ4n) is 4.10. The van der Waals surface area contributed by atoms with E-state index < -0.39 is 0 Å². The van der Waals surface area contributed by atoms with Gasteiger partial charge in [-0.25, -0.2) is 0 Å². The van der Waals surface area contributed by atoms with Crippen molar-refractivity contribution in [3.05, 3.63) is 63.4 Å². The lowest BCUT2D eigenvalue weighted by Crippen LogP contribution is -2.09. The number of rotatable bonds is 9. The highest BCUT2D eigenvalue weighted by Gasteiger charge is 2.22. The van der Waals surface area contributed by atoms with E-state index in [1.165, 1.54) is 46.9 Å². The average Bonchev–Trinajstić information content (AvgIpc) is 2.80. The van der Waals surface area contributed by atoms with Crippen molar-refractivity contribution in [1.29, 1.82) is 5.41 Å². The summed E-state index contributed by atoms with van der Waals surface area (Å²) >= 11 is 0. The summed E-state index contributed by atoms with van der Waals surface area (Å²) in [7, 11) is 0. The number of nitrogens with one attached hydrogen (secondary N) is 1. The van der Waals surface area contributed by atoms with Gasteiger partial charge in [0.25, 0.3) is 0 Å². The van der Waals surface area contributed by atoms with Crippen molar-refractivity contribution in [2.45, 2.75) is 72.6 Å². The predicted molar refractivity (Wildman–Crippen MR) is 138 cm³/mol. The molecule has 0 heterocycles. The molecule has 0 saturated carbocycles. The molecule has 0 saturated heterocycles. The number of carbonyl (C=O) groups is 1. The van der Waals surface area contributed by atoms with Gasteiger partial charge in [-0.1, -0.05) is 38.5 Å². The monoisotopic (exact) mass is 436 g/mol. The van der Waals surface area contributed by atoms with Crippen LogP contribution in [0.1, 0.15) is 81.0 Å². The van der Waals surface area contributed by atoms with Crippen LogP contribution in [0.4, 0.5) is 0 Å². The minimum absolute atomic E-state index is 0.250. The Bertz CT molecular complexity index is 891. The maximum absolute atomic E-state index is 8.58. The summed E-state index contributed by atoms with van der Waals surface area (Å²) in [6, 6.07) is 4.31. The zero-order chi connectivity index (χ0) is 23.9. The first-order valence-corrected chi connectivity index (χ1v) is 11.6. The summed E-state index contributed by atoms with van der Waals surface area (Å²) in [4.78, 5) is 13.2. The van der Waals surface area contributed by atoms with Gasteiger partial charge >= 0.3 is 0 Å². The highest BCUT2D eigenvalue weighted by atomic mass is 16.1. The highest BCUT2D eigenvalue weighted by molar-refractivity contribution is 5.94. The molecule has 1 aliphatic carbocycles. The van der Waals surface area contributed by atoms with Crippen molar-refractivity contribution in [3.63, 3.8) is 0 Å². The molecule has 0 radical (unpaired) electrons. The van der Waals surface area contributed by atoms with E-state index in [4.69, 9.17) is 15.9 Å². The van der Waals surface area contributed by atoms with Gasteiger partial charge in [-0.2, -0.15) is 0 Å². The van der Waals surface area contributed by atoms with Crippen LogP contribution in [0.25, 0.3) is 5.57 Å². The number of nitrogens with two attached hydrogens (primary N) is 2. The Morgan fingerprint density at radius 3 is 2.34 bits per heavy atom. The molecule has 5 nitrogen and oxygen atoms in total. The Labute approximate surface area is 193 Å². The standard InChI is InChI=1S/C26H37N3.CH3NO/c1-5-7-10-22(21(16-27)18-29-15-6-2)23-11-8-9-12-24(23)26-20(4)14-13-19(3)25(26)17-28;2-1-3/h10,13-14,16-18,28H,5-9,11-12,15,27H2,1-4H3;1H,(H2,2,3)/b21-16+,22-10+,28-17?,29-18?;. The lowest BCUT2D eigenvalue weighted by Gasteiger charge is -2.26. The van der Waals surface area contributed by atoms with Gasteiger partial charge in [0.15, 0.2) is 0 Å². The van der Waals surface area contributed by atoms with E-state index in [-0.39, 0.29) is 6.41 Å². The van der Waals surface area contributed by atoms with Crippen molar-refractivity contribution in [1.82, 2.24) is 0 Å². The lowest BCUT2D eigenvalue weighted by molar-refractivity contribution is -0.106. The molecule has 5 heteroatoms. The van der Waals surface area contributed by atoms with Crippen molar-refractivity contribution in [2.75, 3.05) is 6.54 Å². The number of hydrogen-bond acceptors (Lipinski definition) is 4. The first-order valence-electron chi connectivity index (χ1n) is 11.6. The van der Waals surface area contributed by atoms with E-state index in [0.717, 1.165) is 55.3 Å². The number of benzene rings is 1. The van der Waals surface area contributed by atoms with E-state index in [1.54, 1.807) is 6.20 Å². The van der Waals surface area contributed by atoms with Crippen LogP contribution in [0.5, 0.6) is 0 Å². The number of hydrogen-bond donors (Lipinski definition) is 3. The Hall–Kier alpha value is -2.95. The Balaban J connectivity index is 0.00000161. The Morgan fingerprint density at radius 2 is 1.75 bits per heavy atom. The SMILES string of the molecule is CCC/C=C(C1=C(c2c(C)ccc(C)c2C=N)CCCC1)\C(C=NCCC)=C\N.NC=O. The number of nitrogens with zero attached hydrogens (tertiary/aromatic N) is 1. The van der Waals surface area contributed by atoms with Crippen molar-refractivity contribution in [2.24, 2.45) is 16.5 Å². The van der Waals surface area contributed by atoms with Gasteiger partial charge in [-0.05, 0) is 85.8 Å². The van der Waals surface area contributed by atoms with Crippen molar-refractivity contribution >= 4 is 24.4 Å². The molecule has 1 aromatic rings. The molecule has 1 aliphatic rings. The number of primary amides is 1. The summed E-state index contributed by atoms with van der Waals surface area (Å²) in [5, 5.41) is 8.04. The molecule has 0 bridgehead atoms. The second-order valence-electron chi connectivity index (χ2n) is 8.00. The summed E-state index contributed by atoms with van der Waals surface area (Å²) in [5.41, 5.74) is 20.0. The van der Waals surface area contributed by atoms with Gasteiger partial charge in [0.2, 0.25) is 6.41 Å². The maximum Gasteiger partial charge on any atom is 0.204 e. The molecular weight excluding hydrogens is 396 g/mol. The molecular formula is C27H40N4O. The van der Waals surface area contributed by atoms with Crippen LogP contribution in [0.15, 0.2) is 46.1 Å². The van der Waals surface area contributed by atoms with Gasteiger partial charge in [0, 0.05) is 36.3 Å². The number of allylic oxidation sites excluding steroid dienone is 5. The topological polar surface area (TPSA) is 105 Å². The third kappa shape index (κ3) is 7.33. The van der Waals surface area contributed by atoms with E-state index in [0.29, 0.717) is 0 Å². The van der Waals surface area contributed by atoms with E-state index in [1.807, 2.05) is 6.21 Å². The molecule has 0 fully saturated rings. The summed E-state index contributed by atoms with van der Waals surface area (Å²) in [6.45, 7) is 9.43. The number of aryl methyl sites for hydroxylation is 2. The molecule has 32 heavy (non-hydrogen) atoms. The second-order valence-corrected chi connectivity index (χ2v) is 8.00. The minimum atomic E-state index is 0.250. The van der Waals surface area contributed by atoms with Crippen LogP contribution in [-0.4, -0.2) is 25.4 Å². The zero-order valence-electron chi connectivity index (χ0n) is 20.2. The van der Waals surface area contributed by atoms with Gasteiger partial charge in [-0.15, -0.1) is 0 Å². The van der Waals surface area contributed by atoms with Gasteiger partial charge < -0.3 is 16.9 Å². The molecule has 2 rings (SSSR count). The Morgan fingerprint density at radius 1 is 1.09 bits per heavy atom. The zero-order valence-corrected chi connectivity index (χ0v) is 20.2. The summed E-state index contributed by atoms with van der Waals surface area (Å²) in [5.74, 6) is 0. The molecule has 5 N–H and O–H groups in total. The molecule has 0 aromatic heterocycles. The third-order valence-electron chi connectivity index (χ3n) is 5.62. The fraction of sp³-hybridized carbons (Fsp3) is 0.444. The number of aliphatic imine (C=N–C) groups is 1. The van der Waals surface area contributed by atoms with Gasteiger partial charge in [0.1, 0.15) is 0 Å². The number of carbonyl (C=O) groups excluding carboxylic acids is 1. The molecule has 0 unspecified atom stereocenters. The molecule has 1 aromatic carbocycles. The van der Waals surface area contributed by atoms with Crippen LogP contribution in [0.2, 0.25) is 0 Å². The molecule has 0 spiro atoms. The van der Waals surface area contributed by atoms with Crippen molar-refractivity contribution in [3.8, 4) is 0 Å². The molecule has 1 amide bonds. The van der Waals surface area contributed by atoms with E-state index in [2.05, 4.69) is 56.6 Å². The van der Waals surface area contributed by atoms with Gasteiger partial charge in [-0.3, -0.25) is 9.79 Å². The summed E-state index contributed by atoms with van der Waals surface area (Å²) in [6.07, 6.45) is 15.4. The number of amides is 1. The normalized spacial score (nSPS) is 14.9. The molecule has 0 atom stereocenters. The van der Waals surface area contributed by atoms with Gasteiger partial charge in [0.05, 0.1) is 0 Å². The summed E-state index contributed by atoms with van der Waals surface area (Å²) < 4.78 is 0. The fourth-order valence-corrected chi connectivity index (χ4v) is 4.10. The predicted octanol–water partition coefficient (Wildman–Crippen LogP) is 5.78. The van der Waals surface area contributed by atoms with Crippen LogP contribution in [0.3, 0.4) is 0 Å². The van der Waals surface area contributed by atoms with E-state index >= 15 is 0 Å². The van der Waals surface area contributed by atoms with Crippen LogP contribution < -0.4 is 11.5 Å². The minimum Gasteiger partial charge on any atom is -0.404 e. The highest BCUT2D eigenvalue weighted by Crippen LogP contribution is 2.40. The molecule has 0 aliphatic heterocycles. The molecule has 174 valence electrons. The largest absolute Gasteiger partial charge is 0.404 e. The van der Waals surface area contributed by atoms with Crippen LogP contribution >= 0.6 is 0 Å². The quantitative estimate of drug-likeness (QED) is 0.259. The number of unbranched alkanes of at least 4 members (excludes halogenated alkanes) is 1. The first-order chi connectivity index (χ1) is 15.5. The first kappa shape index (κ1) is 27.1. The third-order valence-corrected chi connectivity index (χ3v) is 5.62. The second kappa shape index (κ2) is 15.0. The maximum atomic E-state index is 8.58. The smallest absolute Gasteiger partial charge is 0.204 e. The van der Waals surface area contributed by atoms with E-state index in [9.17, 15) is 0 Å². The average molecular weight is 437 g/mol. The van der Waals surface area contributed by atoms with Crippen molar-refractivity contribution < 1.29 is 4.79 Å². The lowest BCUT2D eigenvalue weighted by atomic mass is 9.78.